The molecular formula is C27H43NO10. The monoisotopic (exact) mass is 541 g/mol. The number of terminal acetylenes is 1. The Morgan fingerprint density at radius 2 is 0.947 bits per heavy atom. The van der Waals surface area contributed by atoms with E-state index in [1.54, 1.807) is 24.3 Å². The Labute approximate surface area is 226 Å². The number of carbonyl (C=O) groups is 1. The van der Waals surface area contributed by atoms with Crippen LogP contribution in [0.1, 0.15) is 6.92 Å². The molecule has 0 bridgehead atoms. The van der Waals surface area contributed by atoms with Gasteiger partial charge in [-0.3, -0.25) is 4.79 Å². The van der Waals surface area contributed by atoms with Crippen molar-refractivity contribution in [1.29, 1.82) is 0 Å². The second-order valence-electron chi connectivity index (χ2n) is 7.60. The highest BCUT2D eigenvalue weighted by Crippen LogP contribution is 2.15. The lowest BCUT2D eigenvalue weighted by Gasteiger charge is -2.09. The van der Waals surface area contributed by atoms with Crippen LogP contribution >= 0.6 is 0 Å². The molecule has 1 N–H and O–H groups in total. The molecule has 0 heterocycles. The lowest BCUT2D eigenvalue weighted by molar-refractivity contribution is -0.114. The van der Waals surface area contributed by atoms with Gasteiger partial charge in [0.25, 0.3) is 0 Å². The normalized spacial score (nSPS) is 10.8. The van der Waals surface area contributed by atoms with E-state index in [9.17, 15) is 4.79 Å². The SMILES string of the molecule is C#CCOCCOCCOCCOCCOCCOCCOCCOCCOc1ccc(NC(C)=O)cc1. The molecule has 1 amide bonds. The molecule has 0 aliphatic carbocycles. The molecule has 0 saturated heterocycles. The zero-order valence-corrected chi connectivity index (χ0v) is 22.5. The van der Waals surface area contributed by atoms with Crippen molar-refractivity contribution in [3.05, 3.63) is 24.3 Å². The second kappa shape index (κ2) is 26.3. The topological polar surface area (TPSA) is 112 Å². The largest absolute Gasteiger partial charge is 0.491 e. The molecule has 216 valence electrons. The third-order valence-electron chi connectivity index (χ3n) is 4.46. The van der Waals surface area contributed by atoms with Crippen LogP contribution in [-0.2, 0) is 42.7 Å². The first-order valence-electron chi connectivity index (χ1n) is 12.8. The van der Waals surface area contributed by atoms with E-state index in [4.69, 9.17) is 49.1 Å². The molecule has 0 aliphatic rings. The molecule has 1 aromatic rings. The van der Waals surface area contributed by atoms with Gasteiger partial charge < -0.3 is 47.9 Å². The lowest BCUT2D eigenvalue weighted by Crippen LogP contribution is -2.15. The number of amides is 1. The molecule has 0 aliphatic heterocycles. The fraction of sp³-hybridized carbons (Fsp3) is 0.667. The lowest BCUT2D eigenvalue weighted by atomic mass is 10.3. The van der Waals surface area contributed by atoms with Crippen LogP contribution in [0.25, 0.3) is 0 Å². The van der Waals surface area contributed by atoms with Gasteiger partial charge in [0.15, 0.2) is 0 Å². The Balaban J connectivity index is 1.71. The third kappa shape index (κ3) is 22.9. The first-order chi connectivity index (χ1) is 18.7. The quantitative estimate of drug-likeness (QED) is 0.131. The highest BCUT2D eigenvalue weighted by Gasteiger charge is 1.98. The van der Waals surface area contributed by atoms with Crippen LogP contribution in [0.2, 0.25) is 0 Å². The summed E-state index contributed by atoms with van der Waals surface area (Å²) in [7, 11) is 0. The van der Waals surface area contributed by atoms with E-state index in [1.165, 1.54) is 6.92 Å². The average Bonchev–Trinajstić information content (AvgIpc) is 2.91. The van der Waals surface area contributed by atoms with E-state index in [0.29, 0.717) is 112 Å². The maximum absolute atomic E-state index is 11.0. The van der Waals surface area contributed by atoms with Crippen molar-refractivity contribution in [2.45, 2.75) is 6.92 Å². The molecule has 38 heavy (non-hydrogen) atoms. The summed E-state index contributed by atoms with van der Waals surface area (Å²) in [6.07, 6.45) is 5.07. The van der Waals surface area contributed by atoms with Gasteiger partial charge >= 0.3 is 0 Å². The average molecular weight is 542 g/mol. The summed E-state index contributed by atoms with van der Waals surface area (Å²) in [4.78, 5) is 11.0. The summed E-state index contributed by atoms with van der Waals surface area (Å²) in [5.74, 6) is 3.00. The van der Waals surface area contributed by atoms with Gasteiger partial charge in [0.1, 0.15) is 19.0 Å². The molecule has 0 saturated carbocycles. The van der Waals surface area contributed by atoms with Crippen molar-refractivity contribution in [2.24, 2.45) is 0 Å². The third-order valence-corrected chi connectivity index (χ3v) is 4.46. The summed E-state index contributed by atoms with van der Waals surface area (Å²) in [6.45, 7) is 9.67. The highest BCUT2D eigenvalue weighted by atomic mass is 16.6. The van der Waals surface area contributed by atoms with Crippen LogP contribution in [0.15, 0.2) is 24.3 Å². The first-order valence-corrected chi connectivity index (χ1v) is 12.8. The standard InChI is InChI=1S/C27H43NO10/c1-3-8-30-9-10-31-11-12-32-13-14-33-15-16-34-17-18-35-19-20-36-21-22-37-23-24-38-27-6-4-26(5-7-27)28-25(2)29/h1,4-7H,8-24H2,2H3,(H,28,29). The van der Waals surface area contributed by atoms with Crippen molar-refractivity contribution >= 4 is 11.6 Å². The van der Waals surface area contributed by atoms with Gasteiger partial charge in [-0.05, 0) is 24.3 Å². The zero-order chi connectivity index (χ0) is 27.4. The maximum atomic E-state index is 11.0. The van der Waals surface area contributed by atoms with Gasteiger partial charge in [-0.1, -0.05) is 5.92 Å². The molecule has 0 unspecified atom stereocenters. The second-order valence-corrected chi connectivity index (χ2v) is 7.60. The number of rotatable bonds is 27. The molecule has 1 aromatic carbocycles. The summed E-state index contributed by atoms with van der Waals surface area (Å²) < 4.78 is 48.6. The molecule has 11 nitrogen and oxygen atoms in total. The van der Waals surface area contributed by atoms with Crippen molar-refractivity contribution in [3.8, 4) is 18.1 Å². The van der Waals surface area contributed by atoms with Gasteiger partial charge in [-0.2, -0.15) is 0 Å². The summed E-state index contributed by atoms with van der Waals surface area (Å²) in [5, 5.41) is 2.71. The zero-order valence-electron chi connectivity index (χ0n) is 22.5. The molecule has 0 atom stereocenters. The molecular weight excluding hydrogens is 498 g/mol. The van der Waals surface area contributed by atoms with Crippen LogP contribution in [0.5, 0.6) is 5.75 Å². The van der Waals surface area contributed by atoms with E-state index >= 15 is 0 Å². The predicted molar refractivity (Wildman–Crippen MR) is 142 cm³/mol. The van der Waals surface area contributed by atoms with E-state index in [1.807, 2.05) is 0 Å². The van der Waals surface area contributed by atoms with Crippen molar-refractivity contribution in [1.82, 2.24) is 0 Å². The van der Waals surface area contributed by atoms with E-state index in [0.717, 1.165) is 11.4 Å². The van der Waals surface area contributed by atoms with Crippen molar-refractivity contribution < 1.29 is 47.4 Å². The van der Waals surface area contributed by atoms with Crippen LogP contribution < -0.4 is 10.1 Å². The minimum atomic E-state index is -0.107. The Kier molecular flexibility index (Phi) is 23.4. The number of anilines is 1. The molecule has 0 fully saturated rings. The van der Waals surface area contributed by atoms with E-state index in [-0.39, 0.29) is 5.91 Å². The van der Waals surface area contributed by atoms with Crippen LogP contribution in [0.3, 0.4) is 0 Å². The van der Waals surface area contributed by atoms with Crippen LogP contribution in [0, 0.1) is 12.3 Å². The molecule has 0 aromatic heterocycles. The fourth-order valence-corrected chi connectivity index (χ4v) is 2.73. The Bertz CT molecular complexity index is 711. The van der Waals surface area contributed by atoms with E-state index in [2.05, 4.69) is 11.2 Å². The molecule has 0 radical (unpaired) electrons. The fourth-order valence-electron chi connectivity index (χ4n) is 2.73. The Morgan fingerprint density at radius 1 is 0.605 bits per heavy atom. The number of hydrogen-bond acceptors (Lipinski definition) is 10. The predicted octanol–water partition coefficient (Wildman–Crippen LogP) is 1.79. The molecule has 11 heteroatoms. The summed E-state index contributed by atoms with van der Waals surface area (Å²) >= 11 is 0. The smallest absolute Gasteiger partial charge is 0.221 e. The van der Waals surface area contributed by atoms with Crippen LogP contribution in [0.4, 0.5) is 5.69 Å². The van der Waals surface area contributed by atoms with Gasteiger partial charge in [-0.25, -0.2) is 0 Å². The molecule has 1 rings (SSSR count). The minimum absolute atomic E-state index is 0.107. The van der Waals surface area contributed by atoms with Gasteiger partial charge in [0.05, 0.1) is 99.1 Å². The minimum Gasteiger partial charge on any atom is -0.491 e. The summed E-state index contributed by atoms with van der Waals surface area (Å²) in [5.41, 5.74) is 0.733. The summed E-state index contributed by atoms with van der Waals surface area (Å²) in [6, 6.07) is 7.17. The van der Waals surface area contributed by atoms with Gasteiger partial charge in [-0.15, -0.1) is 6.42 Å². The Morgan fingerprint density at radius 3 is 1.29 bits per heavy atom. The molecule has 0 spiro atoms. The highest BCUT2D eigenvalue weighted by molar-refractivity contribution is 5.88. The number of ether oxygens (including phenoxy) is 9. The first kappa shape index (κ1) is 33.8. The van der Waals surface area contributed by atoms with Gasteiger partial charge in [0, 0.05) is 12.6 Å². The van der Waals surface area contributed by atoms with Crippen molar-refractivity contribution in [2.75, 3.05) is 118 Å². The maximum Gasteiger partial charge on any atom is 0.221 e. The number of nitrogens with one attached hydrogen (secondary N) is 1. The Hall–Kier alpha value is -2.27. The number of benzene rings is 1. The number of carbonyl (C=O) groups excluding carboxylic acids is 1. The number of hydrogen-bond donors (Lipinski definition) is 1. The van der Waals surface area contributed by atoms with Crippen LogP contribution in [-0.4, -0.2) is 118 Å². The van der Waals surface area contributed by atoms with E-state index < -0.39 is 0 Å². The van der Waals surface area contributed by atoms with Crippen molar-refractivity contribution in [3.63, 3.8) is 0 Å². The van der Waals surface area contributed by atoms with Gasteiger partial charge in [0.2, 0.25) is 5.91 Å².